The average molecular weight is 633 g/mol. The van der Waals surface area contributed by atoms with Gasteiger partial charge in [-0.3, -0.25) is 9.59 Å². The Hall–Kier alpha value is -5.14. The average Bonchev–Trinajstić information content (AvgIpc) is 3.56. The van der Waals surface area contributed by atoms with Crippen molar-refractivity contribution in [1.29, 1.82) is 0 Å². The number of nitrogens with one attached hydrogen (secondary N) is 2. The summed E-state index contributed by atoms with van der Waals surface area (Å²) in [6.45, 7) is 1.68. The molecule has 0 radical (unpaired) electrons. The zero-order chi connectivity index (χ0) is 32.1. The Bertz CT molecular complexity index is 1750. The fraction of sp³-hybridized carbons (Fsp3) is 0.226. The summed E-state index contributed by atoms with van der Waals surface area (Å²) in [5.74, 6) is -2.87. The van der Waals surface area contributed by atoms with E-state index >= 15 is 4.39 Å². The highest BCUT2D eigenvalue weighted by molar-refractivity contribution is 6.31. The second kappa shape index (κ2) is 13.7. The summed E-state index contributed by atoms with van der Waals surface area (Å²) in [5.41, 5.74) is 3.11. The Labute approximate surface area is 263 Å². The highest BCUT2D eigenvalue weighted by Gasteiger charge is 2.36. The van der Waals surface area contributed by atoms with Crippen molar-refractivity contribution in [2.24, 2.45) is 0 Å². The molecule has 0 fully saturated rings. The zero-order valence-electron chi connectivity index (χ0n) is 24.4. The van der Waals surface area contributed by atoms with Crippen LogP contribution in [-0.2, 0) is 16.0 Å². The maximum Gasteiger partial charge on any atom is 0.335 e. The lowest BCUT2D eigenvalue weighted by Gasteiger charge is -2.36. The predicted molar refractivity (Wildman–Crippen MR) is 167 cm³/mol. The summed E-state index contributed by atoms with van der Waals surface area (Å²) < 4.78 is 16.4. The molecule has 0 saturated carbocycles. The van der Waals surface area contributed by atoms with E-state index in [0.717, 1.165) is 17.8 Å². The van der Waals surface area contributed by atoms with Crippen LogP contribution in [0.25, 0.3) is 11.8 Å². The lowest BCUT2D eigenvalue weighted by molar-refractivity contribution is -0.135. The number of rotatable bonds is 10. The van der Waals surface area contributed by atoms with Gasteiger partial charge < -0.3 is 25.5 Å². The molecule has 2 heterocycles. The number of benzene rings is 3. The number of fused-ring (bicyclic) bond motifs is 1. The van der Waals surface area contributed by atoms with Gasteiger partial charge in [0.2, 0.25) is 5.91 Å². The van der Waals surface area contributed by atoms with E-state index in [1.807, 2.05) is 26.2 Å². The van der Waals surface area contributed by atoms with Gasteiger partial charge in [0.15, 0.2) is 5.82 Å². The Morgan fingerprint density at radius 3 is 2.60 bits per heavy atom. The third-order valence-electron chi connectivity index (χ3n) is 7.32. The van der Waals surface area contributed by atoms with Gasteiger partial charge in [0.05, 0.1) is 16.3 Å². The van der Waals surface area contributed by atoms with Crippen LogP contribution < -0.4 is 10.6 Å². The number of nitrogens with zero attached hydrogens (tertiary/aromatic N) is 6. The third-order valence-corrected chi connectivity index (χ3v) is 7.62. The summed E-state index contributed by atoms with van der Waals surface area (Å²) >= 11 is 6.05. The van der Waals surface area contributed by atoms with Crippen molar-refractivity contribution >= 4 is 46.8 Å². The van der Waals surface area contributed by atoms with Crippen LogP contribution in [0.2, 0.25) is 5.02 Å². The van der Waals surface area contributed by atoms with Gasteiger partial charge in [-0.2, -0.15) is 4.68 Å². The van der Waals surface area contributed by atoms with Crippen LogP contribution in [0.1, 0.15) is 33.1 Å². The molecule has 1 aliphatic heterocycles. The van der Waals surface area contributed by atoms with Gasteiger partial charge in [0.25, 0.3) is 5.91 Å². The molecular weight excluding hydrogens is 603 g/mol. The SMILES string of the molecule is CN(C)CCNc1cccc2c1CCN(C(=O)C=Cc1c(-n3cnnn3)ccc(Cl)c1F)C2C(=O)Nc1ccc(C(=O)O)cc1. The molecule has 2 amide bonds. The first-order chi connectivity index (χ1) is 21.6. The summed E-state index contributed by atoms with van der Waals surface area (Å²) in [6, 6.07) is 13.2. The minimum Gasteiger partial charge on any atom is -0.478 e. The summed E-state index contributed by atoms with van der Waals surface area (Å²) in [7, 11) is 3.95. The highest BCUT2D eigenvalue weighted by atomic mass is 35.5. The molecule has 12 nitrogen and oxygen atoms in total. The van der Waals surface area contributed by atoms with Crippen LogP contribution in [0.4, 0.5) is 15.8 Å². The number of carbonyl (C=O) groups is 3. The molecule has 3 aromatic carbocycles. The van der Waals surface area contributed by atoms with Crippen molar-refractivity contribution in [3.8, 4) is 5.69 Å². The molecule has 4 aromatic rings. The number of tetrazole rings is 1. The Morgan fingerprint density at radius 1 is 1.13 bits per heavy atom. The number of carbonyl (C=O) groups excluding carboxylic acids is 2. The van der Waals surface area contributed by atoms with Crippen molar-refractivity contribution in [3.63, 3.8) is 0 Å². The van der Waals surface area contributed by atoms with E-state index < -0.39 is 29.6 Å². The summed E-state index contributed by atoms with van der Waals surface area (Å²) in [6.07, 6.45) is 4.24. The monoisotopic (exact) mass is 632 g/mol. The van der Waals surface area contributed by atoms with Gasteiger partial charge in [-0.25, -0.2) is 9.18 Å². The summed E-state index contributed by atoms with van der Waals surface area (Å²) in [4.78, 5) is 42.4. The van der Waals surface area contributed by atoms with Crippen LogP contribution in [-0.4, -0.2) is 86.6 Å². The van der Waals surface area contributed by atoms with Crippen molar-refractivity contribution in [2.45, 2.75) is 12.5 Å². The van der Waals surface area contributed by atoms with Gasteiger partial charge in [-0.1, -0.05) is 23.7 Å². The van der Waals surface area contributed by atoms with E-state index in [1.165, 1.54) is 64.5 Å². The first kappa shape index (κ1) is 31.3. The Morgan fingerprint density at radius 2 is 1.91 bits per heavy atom. The first-order valence-corrected chi connectivity index (χ1v) is 14.4. The van der Waals surface area contributed by atoms with Gasteiger partial charge in [0.1, 0.15) is 12.4 Å². The first-order valence-electron chi connectivity index (χ1n) is 14.0. The number of aromatic carboxylic acids is 1. The van der Waals surface area contributed by atoms with Crippen LogP contribution in [0, 0.1) is 5.82 Å². The lowest BCUT2D eigenvalue weighted by atomic mass is 9.90. The van der Waals surface area contributed by atoms with E-state index in [0.29, 0.717) is 24.2 Å². The summed E-state index contributed by atoms with van der Waals surface area (Å²) in [5, 5.41) is 26.3. The second-order valence-electron chi connectivity index (χ2n) is 10.5. The molecule has 5 rings (SSSR count). The molecule has 1 unspecified atom stereocenters. The topological polar surface area (TPSA) is 146 Å². The molecule has 14 heteroatoms. The van der Waals surface area contributed by atoms with Crippen LogP contribution in [0.5, 0.6) is 0 Å². The number of halogens is 2. The maximum absolute atomic E-state index is 15.2. The molecule has 0 bridgehead atoms. The molecule has 1 aliphatic rings. The Kier molecular flexibility index (Phi) is 9.50. The fourth-order valence-corrected chi connectivity index (χ4v) is 5.28. The number of amides is 2. The van der Waals surface area contributed by atoms with E-state index in [9.17, 15) is 19.5 Å². The van der Waals surface area contributed by atoms with E-state index in [-0.39, 0.29) is 28.4 Å². The lowest BCUT2D eigenvalue weighted by Crippen LogP contribution is -2.45. The molecule has 0 saturated heterocycles. The number of carboxylic acid groups (broad SMARTS) is 1. The molecular formula is C31H30ClFN8O4. The fourth-order valence-electron chi connectivity index (χ4n) is 5.11. The van der Waals surface area contributed by atoms with Crippen molar-refractivity contribution in [3.05, 3.63) is 100 Å². The van der Waals surface area contributed by atoms with E-state index in [2.05, 4.69) is 31.1 Å². The molecule has 1 aromatic heterocycles. The van der Waals surface area contributed by atoms with Crippen molar-refractivity contribution in [1.82, 2.24) is 30.0 Å². The van der Waals surface area contributed by atoms with E-state index in [4.69, 9.17) is 11.6 Å². The van der Waals surface area contributed by atoms with Gasteiger partial charge in [-0.15, -0.1) is 5.10 Å². The van der Waals surface area contributed by atoms with Gasteiger partial charge >= 0.3 is 5.97 Å². The minimum absolute atomic E-state index is 0.00698. The Balaban J connectivity index is 1.48. The molecule has 45 heavy (non-hydrogen) atoms. The molecule has 0 aliphatic carbocycles. The van der Waals surface area contributed by atoms with Crippen LogP contribution in [0.15, 0.2) is 67.0 Å². The third kappa shape index (κ3) is 7.00. The molecule has 232 valence electrons. The molecule has 3 N–H and O–H groups in total. The van der Waals surface area contributed by atoms with Crippen molar-refractivity contribution < 1.29 is 23.9 Å². The largest absolute Gasteiger partial charge is 0.478 e. The number of anilines is 2. The molecule has 0 spiro atoms. The predicted octanol–water partition coefficient (Wildman–Crippen LogP) is 3.90. The minimum atomic E-state index is -1.09. The smallest absolute Gasteiger partial charge is 0.335 e. The zero-order valence-corrected chi connectivity index (χ0v) is 25.2. The quantitative estimate of drug-likeness (QED) is 0.222. The van der Waals surface area contributed by atoms with Crippen molar-refractivity contribution in [2.75, 3.05) is 44.4 Å². The standard InChI is InChI=1S/C31H30ClFN8O4/c1-39(2)17-15-34-25-5-3-4-22-21(25)14-16-40(29(22)30(43)36-20-8-6-19(7-9-20)31(44)45)27(42)13-10-23-26(41-18-35-37-38-41)12-11-24(32)28(23)33/h3-13,18,29,34H,14-17H2,1-2H3,(H,36,43)(H,44,45). The highest BCUT2D eigenvalue weighted by Crippen LogP contribution is 2.35. The number of hydrogen-bond acceptors (Lipinski definition) is 8. The van der Waals surface area contributed by atoms with Gasteiger partial charge in [0, 0.05) is 42.6 Å². The van der Waals surface area contributed by atoms with Crippen LogP contribution >= 0.6 is 11.6 Å². The normalized spacial score (nSPS) is 14.4. The number of aromatic nitrogens is 4. The number of hydrogen-bond donors (Lipinski definition) is 3. The second-order valence-corrected chi connectivity index (χ2v) is 10.9. The van der Waals surface area contributed by atoms with Gasteiger partial charge in [-0.05, 0) is 90.6 Å². The van der Waals surface area contributed by atoms with E-state index in [1.54, 1.807) is 6.07 Å². The number of carboxylic acids is 1. The number of likely N-dealkylation sites (N-methyl/N-ethyl adjacent to an activating group) is 1. The van der Waals surface area contributed by atoms with Crippen LogP contribution in [0.3, 0.4) is 0 Å². The maximum atomic E-state index is 15.2. The molecule has 1 atom stereocenters.